The zero-order valence-corrected chi connectivity index (χ0v) is 6.53. The van der Waals surface area contributed by atoms with E-state index in [1.807, 2.05) is 0 Å². The predicted octanol–water partition coefficient (Wildman–Crippen LogP) is 2.51. The van der Waals surface area contributed by atoms with Crippen LogP contribution in [0.5, 0.6) is 0 Å². The predicted molar refractivity (Wildman–Crippen MR) is 38.3 cm³/mol. The Labute approximate surface area is 60.7 Å². The lowest BCUT2D eigenvalue weighted by molar-refractivity contribution is 0.251. The van der Waals surface area contributed by atoms with Crippen LogP contribution >= 0.6 is 11.6 Å². The topological polar surface area (TPSA) is 9.23 Å². The summed E-state index contributed by atoms with van der Waals surface area (Å²) >= 11 is 5.51. The van der Waals surface area contributed by atoms with Gasteiger partial charge < -0.3 is 4.74 Å². The van der Waals surface area contributed by atoms with Crippen molar-refractivity contribution < 1.29 is 4.74 Å². The summed E-state index contributed by atoms with van der Waals surface area (Å²) in [5, 5.41) is 0. The van der Waals surface area contributed by atoms with Crippen molar-refractivity contribution in [3.8, 4) is 0 Å². The first-order valence-electron chi connectivity index (χ1n) is 3.10. The first kappa shape index (κ1) is 6.94. The Balaban J connectivity index is 2.75. The number of hydrogen-bond donors (Lipinski definition) is 0. The summed E-state index contributed by atoms with van der Waals surface area (Å²) in [7, 11) is 0. The molecule has 9 heavy (non-hydrogen) atoms. The van der Waals surface area contributed by atoms with Gasteiger partial charge in [0.15, 0.2) is 0 Å². The van der Waals surface area contributed by atoms with Crippen molar-refractivity contribution in [3.63, 3.8) is 0 Å². The van der Waals surface area contributed by atoms with Crippen molar-refractivity contribution in [2.75, 3.05) is 6.61 Å². The number of hydrogen-bond acceptors (Lipinski definition) is 1. The number of allylic oxidation sites excluding steroid dienone is 1. The van der Waals surface area contributed by atoms with Gasteiger partial charge >= 0.3 is 0 Å². The van der Waals surface area contributed by atoms with Crippen molar-refractivity contribution in [2.45, 2.75) is 20.3 Å². The second kappa shape index (κ2) is 2.22. The van der Waals surface area contributed by atoms with Crippen molar-refractivity contribution in [1.82, 2.24) is 0 Å². The molecule has 0 N–H and O–H groups in total. The van der Waals surface area contributed by atoms with Crippen LogP contribution in [0.4, 0.5) is 0 Å². The Morgan fingerprint density at radius 2 is 2.33 bits per heavy atom. The van der Waals surface area contributed by atoms with Gasteiger partial charge in [0.2, 0.25) is 0 Å². The van der Waals surface area contributed by atoms with E-state index in [9.17, 15) is 0 Å². The number of halogens is 1. The molecule has 0 aliphatic carbocycles. The van der Waals surface area contributed by atoms with Gasteiger partial charge in [0, 0.05) is 11.0 Å². The standard InChI is InChI=1S/C7H11ClO/c1-7(2)3-4-9-6(7)5-8/h5H,3-4H2,1-2H3/b6-5+. The fourth-order valence-corrected chi connectivity index (χ4v) is 1.27. The minimum atomic E-state index is 0.168. The maximum absolute atomic E-state index is 5.51. The molecule has 0 bridgehead atoms. The first-order valence-corrected chi connectivity index (χ1v) is 3.54. The highest BCUT2D eigenvalue weighted by Gasteiger charge is 2.30. The molecule has 1 aliphatic rings. The molecule has 0 saturated carbocycles. The van der Waals surface area contributed by atoms with Crippen LogP contribution in [0.15, 0.2) is 11.3 Å². The maximum atomic E-state index is 5.51. The van der Waals surface area contributed by atoms with Crippen molar-refractivity contribution in [3.05, 3.63) is 11.3 Å². The highest BCUT2D eigenvalue weighted by molar-refractivity contribution is 6.25. The Hall–Kier alpha value is -0.170. The molecule has 0 unspecified atom stereocenters. The van der Waals surface area contributed by atoms with Gasteiger partial charge in [0.1, 0.15) is 5.76 Å². The monoisotopic (exact) mass is 146 g/mol. The Morgan fingerprint density at radius 1 is 1.67 bits per heavy atom. The van der Waals surface area contributed by atoms with Gasteiger partial charge in [-0.3, -0.25) is 0 Å². The van der Waals surface area contributed by atoms with Crippen LogP contribution in [-0.4, -0.2) is 6.61 Å². The summed E-state index contributed by atoms with van der Waals surface area (Å²) in [6, 6.07) is 0. The molecule has 52 valence electrons. The Morgan fingerprint density at radius 3 is 2.56 bits per heavy atom. The maximum Gasteiger partial charge on any atom is 0.113 e. The molecule has 1 rings (SSSR count). The summed E-state index contributed by atoms with van der Waals surface area (Å²) in [6.07, 6.45) is 1.07. The average molecular weight is 147 g/mol. The van der Waals surface area contributed by atoms with Gasteiger partial charge in [-0.15, -0.1) is 0 Å². The van der Waals surface area contributed by atoms with E-state index in [1.54, 1.807) is 0 Å². The van der Waals surface area contributed by atoms with Crippen LogP contribution in [-0.2, 0) is 4.74 Å². The molecule has 2 heteroatoms. The van der Waals surface area contributed by atoms with Gasteiger partial charge in [-0.25, -0.2) is 0 Å². The van der Waals surface area contributed by atoms with Crippen molar-refractivity contribution in [1.29, 1.82) is 0 Å². The van der Waals surface area contributed by atoms with E-state index in [-0.39, 0.29) is 5.41 Å². The molecule has 0 amide bonds. The highest BCUT2D eigenvalue weighted by Crippen LogP contribution is 2.37. The SMILES string of the molecule is CC1(C)CCO/C1=C/Cl. The van der Waals surface area contributed by atoms with Crippen LogP contribution in [0.1, 0.15) is 20.3 Å². The fraction of sp³-hybridized carbons (Fsp3) is 0.714. The molecule has 1 saturated heterocycles. The van der Waals surface area contributed by atoms with Crippen LogP contribution in [0.3, 0.4) is 0 Å². The quantitative estimate of drug-likeness (QED) is 0.510. The summed E-state index contributed by atoms with van der Waals surface area (Å²) < 4.78 is 5.25. The lowest BCUT2D eigenvalue weighted by Crippen LogP contribution is -2.06. The molecule has 0 aromatic heterocycles. The van der Waals surface area contributed by atoms with E-state index in [4.69, 9.17) is 16.3 Å². The zero-order valence-electron chi connectivity index (χ0n) is 5.78. The third-order valence-electron chi connectivity index (χ3n) is 1.75. The number of rotatable bonds is 0. The molecular weight excluding hydrogens is 136 g/mol. The summed E-state index contributed by atoms with van der Waals surface area (Å²) in [5.74, 6) is 0.921. The minimum absolute atomic E-state index is 0.168. The van der Waals surface area contributed by atoms with Gasteiger partial charge in [0.25, 0.3) is 0 Å². The van der Waals surface area contributed by atoms with Crippen LogP contribution in [0.25, 0.3) is 0 Å². The summed E-state index contributed by atoms with van der Waals surface area (Å²) in [6.45, 7) is 5.08. The largest absolute Gasteiger partial charge is 0.496 e. The summed E-state index contributed by atoms with van der Waals surface area (Å²) in [5.41, 5.74) is 1.70. The van der Waals surface area contributed by atoms with Crippen LogP contribution in [0, 0.1) is 5.41 Å². The lowest BCUT2D eigenvalue weighted by atomic mass is 9.90. The van der Waals surface area contributed by atoms with E-state index in [2.05, 4.69) is 13.8 Å². The van der Waals surface area contributed by atoms with Gasteiger partial charge in [0.05, 0.1) is 6.61 Å². The van der Waals surface area contributed by atoms with Crippen molar-refractivity contribution in [2.24, 2.45) is 5.41 Å². The van der Waals surface area contributed by atoms with E-state index in [1.165, 1.54) is 5.54 Å². The van der Waals surface area contributed by atoms with Gasteiger partial charge in [-0.1, -0.05) is 25.4 Å². The van der Waals surface area contributed by atoms with E-state index in [0.29, 0.717) is 0 Å². The molecule has 0 radical (unpaired) electrons. The minimum Gasteiger partial charge on any atom is -0.496 e. The highest BCUT2D eigenvalue weighted by atomic mass is 35.5. The van der Waals surface area contributed by atoms with Crippen LogP contribution in [0.2, 0.25) is 0 Å². The van der Waals surface area contributed by atoms with Crippen molar-refractivity contribution >= 4 is 11.6 Å². The third-order valence-corrected chi connectivity index (χ3v) is 1.95. The molecule has 0 atom stereocenters. The van der Waals surface area contributed by atoms with Gasteiger partial charge in [-0.2, -0.15) is 0 Å². The van der Waals surface area contributed by atoms with E-state index in [0.717, 1.165) is 18.8 Å². The lowest BCUT2D eigenvalue weighted by Gasteiger charge is -2.14. The Bertz CT molecular complexity index is 138. The van der Waals surface area contributed by atoms with Crippen LogP contribution < -0.4 is 0 Å². The van der Waals surface area contributed by atoms with E-state index >= 15 is 0 Å². The zero-order chi connectivity index (χ0) is 6.91. The summed E-state index contributed by atoms with van der Waals surface area (Å²) in [4.78, 5) is 0. The number of ether oxygens (including phenoxy) is 1. The molecule has 0 spiro atoms. The molecule has 1 heterocycles. The molecule has 1 nitrogen and oxygen atoms in total. The second-order valence-corrected chi connectivity index (χ2v) is 3.17. The molecule has 0 aromatic rings. The average Bonchev–Trinajstić information content (AvgIpc) is 2.08. The smallest absolute Gasteiger partial charge is 0.113 e. The fourth-order valence-electron chi connectivity index (χ4n) is 0.914. The molecular formula is C7H11ClO. The molecule has 1 fully saturated rings. The van der Waals surface area contributed by atoms with Gasteiger partial charge in [-0.05, 0) is 6.42 Å². The van der Waals surface area contributed by atoms with E-state index < -0.39 is 0 Å². The Kier molecular flexibility index (Phi) is 1.71. The first-order chi connectivity index (χ1) is 4.17. The third kappa shape index (κ3) is 1.21. The molecule has 1 aliphatic heterocycles. The normalized spacial score (nSPS) is 28.6. The molecule has 0 aromatic carbocycles. The second-order valence-electron chi connectivity index (χ2n) is 2.96.